The van der Waals surface area contributed by atoms with Gasteiger partial charge in [0.25, 0.3) is 0 Å². The van der Waals surface area contributed by atoms with Crippen LogP contribution in [0.4, 0.5) is 0 Å². The van der Waals surface area contributed by atoms with Crippen molar-refractivity contribution in [3.8, 4) is 17.1 Å². The molecule has 0 aliphatic carbocycles. The van der Waals surface area contributed by atoms with Gasteiger partial charge in [-0.2, -0.15) is 4.98 Å². The van der Waals surface area contributed by atoms with Gasteiger partial charge in [-0.25, -0.2) is 0 Å². The van der Waals surface area contributed by atoms with E-state index in [1.165, 1.54) is 0 Å². The van der Waals surface area contributed by atoms with Gasteiger partial charge in [-0.1, -0.05) is 19.0 Å². The quantitative estimate of drug-likeness (QED) is 0.675. The molecule has 26 heavy (non-hydrogen) atoms. The lowest BCUT2D eigenvalue weighted by molar-refractivity contribution is -0.123. The van der Waals surface area contributed by atoms with E-state index in [0.29, 0.717) is 37.5 Å². The number of amides is 1. The molecular weight excluding hydrogens is 332 g/mol. The Labute approximate surface area is 154 Å². The maximum Gasteiger partial charge on any atom is 0.226 e. The summed E-state index contributed by atoms with van der Waals surface area (Å²) in [5.74, 6) is 1.84. The molecule has 0 bridgehead atoms. The van der Waals surface area contributed by atoms with Crippen LogP contribution >= 0.6 is 0 Å². The largest absolute Gasteiger partial charge is 0.497 e. The summed E-state index contributed by atoms with van der Waals surface area (Å²) in [7, 11) is 1.62. The smallest absolute Gasteiger partial charge is 0.226 e. The van der Waals surface area contributed by atoms with Gasteiger partial charge in [-0.05, 0) is 43.5 Å². The number of ether oxygens (including phenoxy) is 1. The second kappa shape index (κ2) is 9.33. The third-order valence-electron chi connectivity index (χ3n) is 4.76. The van der Waals surface area contributed by atoms with E-state index in [9.17, 15) is 4.79 Å². The molecule has 0 aliphatic rings. The molecule has 0 unspecified atom stereocenters. The van der Waals surface area contributed by atoms with Gasteiger partial charge in [0.05, 0.1) is 12.6 Å². The number of nitrogens with zero attached hydrogens (tertiary/aromatic N) is 2. The normalized spacial score (nSPS) is 11.4. The molecule has 0 saturated heterocycles. The minimum atomic E-state index is -0.302. The number of carbonyl (C=O) groups excluding carboxylic acids is 1. The number of hydrogen-bond acceptors (Lipinski definition) is 6. The van der Waals surface area contributed by atoms with Crippen LogP contribution in [-0.4, -0.2) is 35.2 Å². The van der Waals surface area contributed by atoms with Crippen molar-refractivity contribution in [2.45, 2.75) is 51.5 Å². The fourth-order valence-electron chi connectivity index (χ4n) is 2.74. The van der Waals surface area contributed by atoms with Crippen molar-refractivity contribution >= 4 is 5.91 Å². The van der Waals surface area contributed by atoms with Gasteiger partial charge in [0.2, 0.25) is 17.6 Å². The van der Waals surface area contributed by atoms with Crippen molar-refractivity contribution in [1.29, 1.82) is 0 Å². The molecule has 0 saturated carbocycles. The fraction of sp³-hybridized carbons (Fsp3) is 0.526. The maximum absolute atomic E-state index is 12.2. The van der Waals surface area contributed by atoms with Crippen LogP contribution in [0.2, 0.25) is 0 Å². The molecule has 3 N–H and O–H groups in total. The van der Waals surface area contributed by atoms with E-state index in [1.54, 1.807) is 7.11 Å². The van der Waals surface area contributed by atoms with Crippen molar-refractivity contribution in [2.24, 2.45) is 5.73 Å². The summed E-state index contributed by atoms with van der Waals surface area (Å²) >= 11 is 0. The SMILES string of the molecule is CCC(CC)(CN)NC(=O)CCCc1nc(-c2ccc(OC)cc2)no1. The number of carbonyl (C=O) groups is 1. The number of aryl methyl sites for hydroxylation is 1. The van der Waals surface area contributed by atoms with E-state index in [1.807, 2.05) is 38.1 Å². The number of aromatic nitrogens is 2. The van der Waals surface area contributed by atoms with Gasteiger partial charge in [-0.15, -0.1) is 0 Å². The average molecular weight is 360 g/mol. The zero-order chi connectivity index (χ0) is 19.0. The first-order valence-electron chi connectivity index (χ1n) is 9.04. The molecule has 0 radical (unpaired) electrons. The second-order valence-corrected chi connectivity index (χ2v) is 6.33. The molecule has 1 heterocycles. The van der Waals surface area contributed by atoms with Crippen LogP contribution in [0.15, 0.2) is 28.8 Å². The Morgan fingerprint density at radius 1 is 1.27 bits per heavy atom. The van der Waals surface area contributed by atoms with Crippen molar-refractivity contribution in [1.82, 2.24) is 15.5 Å². The zero-order valence-corrected chi connectivity index (χ0v) is 15.7. The summed E-state index contributed by atoms with van der Waals surface area (Å²) < 4.78 is 10.4. The third kappa shape index (κ3) is 5.05. The molecule has 142 valence electrons. The average Bonchev–Trinajstić information content (AvgIpc) is 3.15. The first-order valence-corrected chi connectivity index (χ1v) is 9.04. The number of nitrogens with one attached hydrogen (secondary N) is 1. The molecule has 1 aromatic heterocycles. The standard InChI is InChI=1S/C19H28N4O3/c1-4-19(5-2,13-20)22-16(24)7-6-8-17-21-18(23-26-17)14-9-11-15(25-3)12-10-14/h9-12H,4-8,13,20H2,1-3H3,(H,22,24). The second-order valence-electron chi connectivity index (χ2n) is 6.33. The van der Waals surface area contributed by atoms with E-state index < -0.39 is 0 Å². The Morgan fingerprint density at radius 3 is 2.54 bits per heavy atom. The number of nitrogens with two attached hydrogens (primary N) is 1. The first-order chi connectivity index (χ1) is 12.6. The van der Waals surface area contributed by atoms with Gasteiger partial charge in [0, 0.05) is 24.9 Å². The number of hydrogen-bond donors (Lipinski definition) is 2. The fourth-order valence-corrected chi connectivity index (χ4v) is 2.74. The molecule has 0 atom stereocenters. The van der Waals surface area contributed by atoms with Crippen LogP contribution in [0.3, 0.4) is 0 Å². The summed E-state index contributed by atoms with van der Waals surface area (Å²) in [5, 5.41) is 7.06. The van der Waals surface area contributed by atoms with Gasteiger partial charge < -0.3 is 20.3 Å². The van der Waals surface area contributed by atoms with Gasteiger partial charge in [-0.3, -0.25) is 4.79 Å². The highest BCUT2D eigenvalue weighted by molar-refractivity contribution is 5.76. The molecule has 7 heteroatoms. The van der Waals surface area contributed by atoms with Gasteiger partial charge in [0.15, 0.2) is 0 Å². The van der Waals surface area contributed by atoms with Crippen LogP contribution in [-0.2, 0) is 11.2 Å². The lowest BCUT2D eigenvalue weighted by Crippen LogP contribution is -2.52. The molecule has 2 aromatic rings. The Hall–Kier alpha value is -2.41. The molecule has 0 spiro atoms. The van der Waals surface area contributed by atoms with Crippen LogP contribution in [0.25, 0.3) is 11.4 Å². The lowest BCUT2D eigenvalue weighted by Gasteiger charge is -2.31. The molecule has 7 nitrogen and oxygen atoms in total. The topological polar surface area (TPSA) is 103 Å². The Kier molecular flexibility index (Phi) is 7.15. The summed E-state index contributed by atoms with van der Waals surface area (Å²) in [6.45, 7) is 4.52. The monoisotopic (exact) mass is 360 g/mol. The van der Waals surface area contributed by atoms with Crippen LogP contribution < -0.4 is 15.8 Å². The van der Waals surface area contributed by atoms with Gasteiger partial charge >= 0.3 is 0 Å². The summed E-state index contributed by atoms with van der Waals surface area (Å²) in [6.07, 6.45) is 3.25. The molecule has 0 aliphatic heterocycles. The van der Waals surface area contributed by atoms with Gasteiger partial charge in [0.1, 0.15) is 5.75 Å². The summed E-state index contributed by atoms with van der Waals surface area (Å²) in [4.78, 5) is 16.6. The lowest BCUT2D eigenvalue weighted by atomic mass is 9.92. The minimum absolute atomic E-state index is 0.00837. The number of rotatable bonds is 10. The van der Waals surface area contributed by atoms with Crippen molar-refractivity contribution in [3.63, 3.8) is 0 Å². The molecule has 0 fully saturated rings. The van der Waals surface area contributed by atoms with Crippen LogP contribution in [0.1, 0.15) is 45.4 Å². The molecule has 1 amide bonds. The molecular formula is C19H28N4O3. The minimum Gasteiger partial charge on any atom is -0.497 e. The predicted octanol–water partition coefficient (Wildman–Crippen LogP) is 2.70. The predicted molar refractivity (Wildman–Crippen MR) is 99.7 cm³/mol. The molecule has 2 rings (SSSR count). The van der Waals surface area contributed by atoms with E-state index >= 15 is 0 Å². The van der Waals surface area contributed by atoms with Crippen LogP contribution in [0, 0.1) is 0 Å². The van der Waals surface area contributed by atoms with Crippen molar-refractivity contribution < 1.29 is 14.1 Å². The third-order valence-corrected chi connectivity index (χ3v) is 4.76. The zero-order valence-electron chi connectivity index (χ0n) is 15.7. The number of benzene rings is 1. The first kappa shape index (κ1) is 19.9. The van der Waals surface area contributed by atoms with Crippen LogP contribution in [0.5, 0.6) is 5.75 Å². The van der Waals surface area contributed by atoms with Crippen molar-refractivity contribution in [2.75, 3.05) is 13.7 Å². The Morgan fingerprint density at radius 2 is 1.96 bits per heavy atom. The highest BCUT2D eigenvalue weighted by atomic mass is 16.5. The van der Waals surface area contributed by atoms with E-state index in [2.05, 4.69) is 15.5 Å². The highest BCUT2D eigenvalue weighted by Crippen LogP contribution is 2.20. The van der Waals surface area contributed by atoms with E-state index in [0.717, 1.165) is 24.2 Å². The maximum atomic E-state index is 12.2. The van der Waals surface area contributed by atoms with E-state index in [4.69, 9.17) is 15.0 Å². The Bertz CT molecular complexity index is 685. The number of methoxy groups -OCH3 is 1. The van der Waals surface area contributed by atoms with E-state index in [-0.39, 0.29) is 11.4 Å². The Balaban J connectivity index is 1.85. The summed E-state index contributed by atoms with van der Waals surface area (Å²) in [6, 6.07) is 7.45. The highest BCUT2D eigenvalue weighted by Gasteiger charge is 2.25. The summed E-state index contributed by atoms with van der Waals surface area (Å²) in [5.41, 5.74) is 6.37. The van der Waals surface area contributed by atoms with Crippen molar-refractivity contribution in [3.05, 3.63) is 30.2 Å². The molecule has 1 aromatic carbocycles.